The summed E-state index contributed by atoms with van der Waals surface area (Å²) in [4.78, 5) is 8.92. The molecule has 1 aliphatic heterocycles. The molecular formula is C16H21IN4S. The van der Waals surface area contributed by atoms with Crippen molar-refractivity contribution < 1.29 is 0 Å². The number of halogens is 1. The molecule has 0 aliphatic carbocycles. The third-order valence-electron chi connectivity index (χ3n) is 3.47. The Kier molecular flexibility index (Phi) is 6.63. The molecule has 0 saturated heterocycles. The molecule has 118 valence electrons. The molecule has 1 aliphatic rings. The van der Waals surface area contributed by atoms with E-state index in [1.165, 1.54) is 11.1 Å². The summed E-state index contributed by atoms with van der Waals surface area (Å²) in [5.41, 5.74) is 3.59. The number of guanidine groups is 1. The molecule has 0 fully saturated rings. The summed E-state index contributed by atoms with van der Waals surface area (Å²) in [5.74, 6) is 0.941. The van der Waals surface area contributed by atoms with E-state index in [9.17, 15) is 0 Å². The lowest BCUT2D eigenvalue weighted by atomic mass is 10.1. The first kappa shape index (κ1) is 17.2. The molecule has 0 unspecified atom stereocenters. The molecule has 1 aromatic heterocycles. The zero-order chi connectivity index (χ0) is 14.5. The van der Waals surface area contributed by atoms with Gasteiger partial charge in [-0.25, -0.2) is 4.98 Å². The van der Waals surface area contributed by atoms with Crippen LogP contribution in [0.3, 0.4) is 0 Å². The van der Waals surface area contributed by atoms with Crippen molar-refractivity contribution in [3.63, 3.8) is 0 Å². The van der Waals surface area contributed by atoms with Crippen molar-refractivity contribution in [2.24, 2.45) is 4.99 Å². The minimum absolute atomic E-state index is 0. The van der Waals surface area contributed by atoms with Crippen molar-refractivity contribution in [1.29, 1.82) is 0 Å². The summed E-state index contributed by atoms with van der Waals surface area (Å²) in [5, 5.41) is 9.84. The van der Waals surface area contributed by atoms with Crippen LogP contribution in [0.15, 0.2) is 34.6 Å². The average molecular weight is 428 g/mol. The molecule has 2 aromatic rings. The van der Waals surface area contributed by atoms with Crippen LogP contribution in [0.25, 0.3) is 11.3 Å². The van der Waals surface area contributed by atoms with E-state index in [0.29, 0.717) is 0 Å². The van der Waals surface area contributed by atoms with Crippen LogP contribution >= 0.6 is 35.3 Å². The Morgan fingerprint density at radius 1 is 1.27 bits per heavy atom. The van der Waals surface area contributed by atoms with Crippen molar-refractivity contribution in [2.75, 3.05) is 19.6 Å². The molecule has 2 heterocycles. The van der Waals surface area contributed by atoms with Gasteiger partial charge in [-0.3, -0.25) is 4.99 Å². The maximum absolute atomic E-state index is 4.52. The number of thiazole rings is 1. The molecule has 0 radical (unpaired) electrons. The summed E-state index contributed by atoms with van der Waals surface area (Å²) in [6, 6.07) is 8.67. The molecule has 0 atom stereocenters. The molecule has 1 aromatic carbocycles. The summed E-state index contributed by atoms with van der Waals surface area (Å²) in [6.45, 7) is 4.89. The van der Waals surface area contributed by atoms with Gasteiger partial charge in [0.25, 0.3) is 0 Å². The van der Waals surface area contributed by atoms with Crippen molar-refractivity contribution in [3.8, 4) is 11.3 Å². The minimum Gasteiger partial charge on any atom is -0.356 e. The molecule has 4 nitrogen and oxygen atoms in total. The van der Waals surface area contributed by atoms with Crippen LogP contribution < -0.4 is 10.6 Å². The fraction of sp³-hybridized carbons (Fsp3) is 0.375. The van der Waals surface area contributed by atoms with Crippen LogP contribution in [0.2, 0.25) is 0 Å². The topological polar surface area (TPSA) is 49.3 Å². The lowest BCUT2D eigenvalue weighted by Crippen LogP contribution is -2.41. The minimum atomic E-state index is 0. The van der Waals surface area contributed by atoms with Gasteiger partial charge in [0, 0.05) is 30.6 Å². The van der Waals surface area contributed by atoms with Gasteiger partial charge in [-0.05, 0) is 25.3 Å². The number of hydrogen-bond donors (Lipinski definition) is 2. The van der Waals surface area contributed by atoms with Gasteiger partial charge in [0.2, 0.25) is 0 Å². The Hall–Kier alpha value is -1.15. The Morgan fingerprint density at radius 2 is 2.09 bits per heavy atom. The maximum Gasteiger partial charge on any atom is 0.191 e. The summed E-state index contributed by atoms with van der Waals surface area (Å²) in [7, 11) is 0. The van der Waals surface area contributed by atoms with E-state index in [-0.39, 0.29) is 24.0 Å². The number of hydrogen-bond acceptors (Lipinski definition) is 5. The van der Waals surface area contributed by atoms with E-state index in [2.05, 4.69) is 50.3 Å². The predicted molar refractivity (Wildman–Crippen MR) is 104 cm³/mol. The van der Waals surface area contributed by atoms with Gasteiger partial charge in [-0.2, -0.15) is 0 Å². The second-order valence-electron chi connectivity index (χ2n) is 5.14. The Bertz CT molecular complexity index is 621. The van der Waals surface area contributed by atoms with Gasteiger partial charge in [-0.1, -0.05) is 24.3 Å². The number of aliphatic imine (C=N–C) groups is 1. The number of benzene rings is 1. The monoisotopic (exact) mass is 428 g/mol. The van der Waals surface area contributed by atoms with Crippen molar-refractivity contribution in [3.05, 3.63) is 40.2 Å². The zero-order valence-corrected chi connectivity index (χ0v) is 15.8. The standard InChI is InChI=1S/C16H20N4S.HI/c1-12-20-15(11-21-12)14-5-3-13(4-6-14)7-10-19-16-17-8-2-9-18-16;/h3-6,11H,2,7-10H2,1H3,(H2,17,18,19);1H. The molecular weight excluding hydrogens is 407 g/mol. The van der Waals surface area contributed by atoms with Crippen LogP contribution in [0.5, 0.6) is 0 Å². The largest absolute Gasteiger partial charge is 0.356 e. The van der Waals surface area contributed by atoms with E-state index < -0.39 is 0 Å². The van der Waals surface area contributed by atoms with E-state index in [0.717, 1.165) is 49.1 Å². The van der Waals surface area contributed by atoms with Crippen molar-refractivity contribution in [2.45, 2.75) is 19.8 Å². The Morgan fingerprint density at radius 3 is 2.73 bits per heavy atom. The van der Waals surface area contributed by atoms with Crippen LogP contribution in [0, 0.1) is 6.92 Å². The fourth-order valence-electron chi connectivity index (χ4n) is 2.31. The molecule has 0 spiro atoms. The molecule has 3 rings (SSSR count). The molecule has 2 N–H and O–H groups in total. The molecule has 0 saturated carbocycles. The van der Waals surface area contributed by atoms with Crippen LogP contribution in [-0.4, -0.2) is 30.6 Å². The SMILES string of the molecule is Cc1nc(-c2ccc(CCNC3=NCCCN3)cc2)cs1.I. The lowest BCUT2D eigenvalue weighted by molar-refractivity contribution is 0.700. The quantitative estimate of drug-likeness (QED) is 0.736. The van der Waals surface area contributed by atoms with Crippen LogP contribution in [0.4, 0.5) is 0 Å². The van der Waals surface area contributed by atoms with Crippen molar-refractivity contribution in [1.82, 2.24) is 15.6 Å². The van der Waals surface area contributed by atoms with Gasteiger partial charge in [0.1, 0.15) is 0 Å². The van der Waals surface area contributed by atoms with Gasteiger partial charge >= 0.3 is 0 Å². The highest BCUT2D eigenvalue weighted by Crippen LogP contribution is 2.21. The first-order valence-corrected chi connectivity index (χ1v) is 8.23. The second-order valence-corrected chi connectivity index (χ2v) is 6.20. The predicted octanol–water partition coefficient (Wildman–Crippen LogP) is 3.22. The average Bonchev–Trinajstić information content (AvgIpc) is 2.96. The van der Waals surface area contributed by atoms with E-state index >= 15 is 0 Å². The molecule has 0 amide bonds. The van der Waals surface area contributed by atoms with Gasteiger partial charge in [0.05, 0.1) is 10.7 Å². The van der Waals surface area contributed by atoms with Gasteiger partial charge in [0.15, 0.2) is 5.96 Å². The normalized spacial score (nSPS) is 13.8. The maximum atomic E-state index is 4.52. The first-order valence-electron chi connectivity index (χ1n) is 7.35. The molecule has 0 bridgehead atoms. The van der Waals surface area contributed by atoms with Crippen LogP contribution in [0.1, 0.15) is 17.0 Å². The smallest absolute Gasteiger partial charge is 0.191 e. The summed E-state index contributed by atoms with van der Waals surface area (Å²) < 4.78 is 0. The number of rotatable bonds is 4. The number of nitrogens with one attached hydrogen (secondary N) is 2. The fourth-order valence-corrected chi connectivity index (χ4v) is 2.94. The summed E-state index contributed by atoms with van der Waals surface area (Å²) >= 11 is 1.69. The Balaban J connectivity index is 0.00000176. The number of aromatic nitrogens is 1. The molecule has 6 heteroatoms. The van der Waals surface area contributed by atoms with Gasteiger partial charge in [-0.15, -0.1) is 35.3 Å². The molecule has 22 heavy (non-hydrogen) atoms. The zero-order valence-electron chi connectivity index (χ0n) is 12.6. The number of nitrogens with zero attached hydrogens (tertiary/aromatic N) is 2. The second kappa shape index (κ2) is 8.47. The number of aryl methyl sites for hydroxylation is 1. The highest BCUT2D eigenvalue weighted by Gasteiger charge is 2.04. The lowest BCUT2D eigenvalue weighted by Gasteiger charge is -2.15. The highest BCUT2D eigenvalue weighted by molar-refractivity contribution is 14.0. The third-order valence-corrected chi connectivity index (χ3v) is 4.25. The van der Waals surface area contributed by atoms with Gasteiger partial charge < -0.3 is 10.6 Å². The van der Waals surface area contributed by atoms with Crippen molar-refractivity contribution >= 4 is 41.3 Å². The van der Waals surface area contributed by atoms with Crippen LogP contribution in [-0.2, 0) is 6.42 Å². The van der Waals surface area contributed by atoms with E-state index in [4.69, 9.17) is 0 Å². The van der Waals surface area contributed by atoms with E-state index in [1.54, 1.807) is 11.3 Å². The summed E-state index contributed by atoms with van der Waals surface area (Å²) in [6.07, 6.45) is 2.12. The third kappa shape index (κ3) is 4.67. The first-order chi connectivity index (χ1) is 10.3. The highest BCUT2D eigenvalue weighted by atomic mass is 127. The van der Waals surface area contributed by atoms with E-state index in [1.807, 2.05) is 6.92 Å². The Labute approximate surface area is 152 Å².